The molecule has 0 aromatic carbocycles. The Bertz CT molecular complexity index is 519. The Balaban J connectivity index is 1.78. The van der Waals surface area contributed by atoms with E-state index in [2.05, 4.69) is 5.32 Å². The van der Waals surface area contributed by atoms with E-state index in [1.165, 1.54) is 12.1 Å². The SMILES string of the molecule is O=C(CS(=O)Cc1ccc(C(=O)O)o1)NC1CCCC1. The predicted molar refractivity (Wildman–Crippen MR) is 72.8 cm³/mol. The number of carbonyl (C=O) groups is 2. The van der Waals surface area contributed by atoms with Crippen molar-refractivity contribution in [2.24, 2.45) is 0 Å². The van der Waals surface area contributed by atoms with Crippen LogP contribution in [0.1, 0.15) is 42.0 Å². The average molecular weight is 299 g/mol. The first kappa shape index (κ1) is 14.8. The highest BCUT2D eigenvalue weighted by Gasteiger charge is 2.19. The van der Waals surface area contributed by atoms with E-state index in [-0.39, 0.29) is 29.2 Å². The average Bonchev–Trinajstić information content (AvgIpc) is 2.99. The van der Waals surface area contributed by atoms with Gasteiger partial charge in [-0.05, 0) is 25.0 Å². The molecule has 1 aliphatic rings. The van der Waals surface area contributed by atoms with Crippen LogP contribution in [0.3, 0.4) is 0 Å². The predicted octanol–water partition coefficient (Wildman–Crippen LogP) is 1.29. The molecule has 0 bridgehead atoms. The Morgan fingerprint density at radius 2 is 2.05 bits per heavy atom. The van der Waals surface area contributed by atoms with Gasteiger partial charge in [0.05, 0.1) is 5.75 Å². The molecule has 2 N–H and O–H groups in total. The fraction of sp³-hybridized carbons (Fsp3) is 0.538. The minimum atomic E-state index is -1.40. The molecule has 20 heavy (non-hydrogen) atoms. The van der Waals surface area contributed by atoms with Gasteiger partial charge in [0, 0.05) is 16.8 Å². The Morgan fingerprint density at radius 1 is 1.35 bits per heavy atom. The third kappa shape index (κ3) is 4.19. The van der Waals surface area contributed by atoms with Crippen LogP contribution in [0, 0.1) is 0 Å². The Labute approximate surface area is 119 Å². The lowest BCUT2D eigenvalue weighted by Crippen LogP contribution is -2.35. The van der Waals surface area contributed by atoms with Gasteiger partial charge in [0.1, 0.15) is 11.5 Å². The molecular weight excluding hydrogens is 282 g/mol. The molecule has 1 heterocycles. The van der Waals surface area contributed by atoms with E-state index in [0.29, 0.717) is 5.76 Å². The summed E-state index contributed by atoms with van der Waals surface area (Å²) in [7, 11) is -1.40. The van der Waals surface area contributed by atoms with Crippen molar-refractivity contribution in [3.8, 4) is 0 Å². The summed E-state index contributed by atoms with van der Waals surface area (Å²) < 4.78 is 16.8. The van der Waals surface area contributed by atoms with Crippen molar-refractivity contribution in [2.75, 3.05) is 5.75 Å². The largest absolute Gasteiger partial charge is 0.475 e. The van der Waals surface area contributed by atoms with Crippen molar-refractivity contribution in [1.29, 1.82) is 0 Å². The summed E-state index contributed by atoms with van der Waals surface area (Å²) in [6.45, 7) is 0. The van der Waals surface area contributed by atoms with E-state index in [1.807, 2.05) is 0 Å². The van der Waals surface area contributed by atoms with Gasteiger partial charge in [0.2, 0.25) is 11.7 Å². The molecule has 2 rings (SSSR count). The van der Waals surface area contributed by atoms with Gasteiger partial charge >= 0.3 is 5.97 Å². The first-order chi connectivity index (χ1) is 9.54. The number of carbonyl (C=O) groups excluding carboxylic acids is 1. The van der Waals surface area contributed by atoms with Gasteiger partial charge in [-0.15, -0.1) is 0 Å². The number of hydrogen-bond donors (Lipinski definition) is 2. The van der Waals surface area contributed by atoms with Crippen LogP contribution in [0.4, 0.5) is 0 Å². The number of furan rings is 1. The van der Waals surface area contributed by atoms with Crippen LogP contribution in [0.5, 0.6) is 0 Å². The summed E-state index contributed by atoms with van der Waals surface area (Å²) >= 11 is 0. The first-order valence-corrected chi connectivity index (χ1v) is 8.00. The van der Waals surface area contributed by atoms with Crippen molar-refractivity contribution in [3.63, 3.8) is 0 Å². The topological polar surface area (TPSA) is 96.6 Å². The summed E-state index contributed by atoms with van der Waals surface area (Å²) in [5.41, 5.74) is 0. The highest BCUT2D eigenvalue weighted by Crippen LogP contribution is 2.17. The summed E-state index contributed by atoms with van der Waals surface area (Å²) in [5.74, 6) is -1.30. The molecule has 0 radical (unpaired) electrons. The van der Waals surface area contributed by atoms with E-state index < -0.39 is 16.8 Å². The van der Waals surface area contributed by atoms with Gasteiger partial charge in [-0.3, -0.25) is 9.00 Å². The van der Waals surface area contributed by atoms with Crippen molar-refractivity contribution >= 4 is 22.7 Å². The van der Waals surface area contributed by atoms with E-state index in [0.717, 1.165) is 25.7 Å². The second-order valence-corrected chi connectivity index (χ2v) is 6.31. The maximum Gasteiger partial charge on any atom is 0.371 e. The zero-order valence-corrected chi connectivity index (χ0v) is 11.8. The second kappa shape index (κ2) is 6.69. The monoisotopic (exact) mass is 299 g/mol. The number of nitrogens with one attached hydrogen (secondary N) is 1. The summed E-state index contributed by atoms with van der Waals surface area (Å²) in [5, 5.41) is 11.6. The Morgan fingerprint density at radius 3 is 2.65 bits per heavy atom. The number of carboxylic acid groups (broad SMARTS) is 1. The van der Waals surface area contributed by atoms with Crippen LogP contribution in [0.15, 0.2) is 16.5 Å². The molecule has 1 aromatic rings. The summed E-state index contributed by atoms with van der Waals surface area (Å²) in [6.07, 6.45) is 4.22. The minimum Gasteiger partial charge on any atom is -0.475 e. The van der Waals surface area contributed by atoms with E-state index >= 15 is 0 Å². The number of amides is 1. The van der Waals surface area contributed by atoms with Crippen LogP contribution in [-0.2, 0) is 21.3 Å². The lowest BCUT2D eigenvalue weighted by Gasteiger charge is -2.11. The smallest absolute Gasteiger partial charge is 0.371 e. The van der Waals surface area contributed by atoms with Crippen molar-refractivity contribution in [2.45, 2.75) is 37.5 Å². The summed E-state index contributed by atoms with van der Waals surface area (Å²) in [4.78, 5) is 22.3. The quantitative estimate of drug-likeness (QED) is 0.825. The van der Waals surface area contributed by atoms with Gasteiger partial charge in [-0.2, -0.15) is 0 Å². The van der Waals surface area contributed by atoms with E-state index in [1.54, 1.807) is 0 Å². The zero-order valence-electron chi connectivity index (χ0n) is 11.0. The maximum absolute atomic E-state index is 11.8. The zero-order chi connectivity index (χ0) is 14.5. The van der Waals surface area contributed by atoms with Gasteiger partial charge in [-0.1, -0.05) is 12.8 Å². The molecule has 1 amide bonds. The van der Waals surface area contributed by atoms with Crippen molar-refractivity contribution in [3.05, 3.63) is 23.7 Å². The molecule has 1 unspecified atom stereocenters. The summed E-state index contributed by atoms with van der Waals surface area (Å²) in [6, 6.07) is 2.99. The molecule has 1 aliphatic carbocycles. The van der Waals surface area contributed by atoms with Gasteiger partial charge < -0.3 is 14.8 Å². The fourth-order valence-electron chi connectivity index (χ4n) is 2.27. The van der Waals surface area contributed by atoms with Gasteiger partial charge in [-0.25, -0.2) is 4.79 Å². The van der Waals surface area contributed by atoms with Crippen LogP contribution in [0.2, 0.25) is 0 Å². The van der Waals surface area contributed by atoms with E-state index in [9.17, 15) is 13.8 Å². The lowest BCUT2D eigenvalue weighted by atomic mass is 10.2. The molecule has 0 spiro atoms. The molecule has 1 atom stereocenters. The molecule has 0 aliphatic heterocycles. The Kier molecular flexibility index (Phi) is 4.94. The van der Waals surface area contributed by atoms with Crippen molar-refractivity contribution < 1.29 is 23.3 Å². The molecule has 1 fully saturated rings. The van der Waals surface area contributed by atoms with Gasteiger partial charge in [0.15, 0.2) is 0 Å². The molecule has 6 nitrogen and oxygen atoms in total. The van der Waals surface area contributed by atoms with Crippen molar-refractivity contribution in [1.82, 2.24) is 5.32 Å². The van der Waals surface area contributed by atoms with Crippen LogP contribution in [0.25, 0.3) is 0 Å². The lowest BCUT2D eigenvalue weighted by molar-refractivity contribution is -0.119. The number of hydrogen-bond acceptors (Lipinski definition) is 4. The molecule has 1 aromatic heterocycles. The molecule has 1 saturated carbocycles. The van der Waals surface area contributed by atoms with Crippen LogP contribution in [-0.4, -0.2) is 33.0 Å². The molecular formula is C13H17NO5S. The fourth-order valence-corrected chi connectivity index (χ4v) is 3.22. The third-order valence-corrected chi connectivity index (χ3v) is 4.38. The Hall–Kier alpha value is -1.63. The highest BCUT2D eigenvalue weighted by atomic mass is 32.2. The second-order valence-electron chi connectivity index (χ2n) is 4.85. The molecule has 0 saturated heterocycles. The number of carboxylic acids is 1. The van der Waals surface area contributed by atoms with Crippen LogP contribution >= 0.6 is 0 Å². The first-order valence-electron chi connectivity index (χ1n) is 6.51. The van der Waals surface area contributed by atoms with E-state index in [4.69, 9.17) is 9.52 Å². The molecule has 7 heteroatoms. The highest BCUT2D eigenvalue weighted by molar-refractivity contribution is 7.84. The maximum atomic E-state index is 11.8. The standard InChI is InChI=1S/C13H17NO5S/c15-12(14-9-3-1-2-4-9)8-20(18)7-10-5-6-11(19-10)13(16)17/h5-6,9H,1-4,7-8H2,(H,14,15)(H,16,17). The minimum absolute atomic E-state index is 0.0470. The van der Waals surface area contributed by atoms with Crippen LogP contribution < -0.4 is 5.32 Å². The molecule has 110 valence electrons. The number of aromatic carboxylic acids is 1. The third-order valence-electron chi connectivity index (χ3n) is 3.19. The number of rotatable bonds is 6. The van der Waals surface area contributed by atoms with Gasteiger partial charge in [0.25, 0.3) is 0 Å². The normalized spacial score (nSPS) is 17.0.